The van der Waals surface area contributed by atoms with E-state index in [1.807, 2.05) is 18.2 Å². The van der Waals surface area contributed by atoms with Crippen LogP contribution in [0, 0.1) is 0 Å². The Labute approximate surface area is 122 Å². The monoisotopic (exact) mass is 326 g/mol. The van der Waals surface area contributed by atoms with Crippen LogP contribution in [-0.4, -0.2) is 32.1 Å². The van der Waals surface area contributed by atoms with E-state index in [4.69, 9.17) is 4.74 Å². The Morgan fingerprint density at radius 2 is 2.42 bits per heavy atom. The van der Waals surface area contributed by atoms with E-state index in [1.165, 1.54) is 5.56 Å². The van der Waals surface area contributed by atoms with Crippen LogP contribution in [0.15, 0.2) is 22.7 Å². The minimum absolute atomic E-state index is 0.00241. The van der Waals surface area contributed by atoms with Crippen LogP contribution in [0.2, 0.25) is 0 Å². The number of benzene rings is 1. The van der Waals surface area contributed by atoms with Gasteiger partial charge in [0.05, 0.1) is 17.6 Å². The molecular weight excluding hydrogens is 308 g/mol. The van der Waals surface area contributed by atoms with Gasteiger partial charge < -0.3 is 15.4 Å². The van der Waals surface area contributed by atoms with Crippen LogP contribution in [0.4, 0.5) is 0 Å². The predicted molar refractivity (Wildman–Crippen MR) is 78.4 cm³/mol. The molecule has 0 aromatic heterocycles. The van der Waals surface area contributed by atoms with E-state index in [-0.39, 0.29) is 11.9 Å². The summed E-state index contributed by atoms with van der Waals surface area (Å²) in [4.78, 5) is 11.8. The Kier molecular flexibility index (Phi) is 5.22. The van der Waals surface area contributed by atoms with Crippen molar-refractivity contribution < 1.29 is 9.53 Å². The van der Waals surface area contributed by atoms with Gasteiger partial charge in [-0.25, -0.2) is 0 Å². The highest BCUT2D eigenvalue weighted by Gasteiger charge is 2.21. The second-order valence-electron chi connectivity index (χ2n) is 4.66. The van der Waals surface area contributed by atoms with Crippen LogP contribution in [-0.2, 0) is 11.2 Å². The highest BCUT2D eigenvalue weighted by molar-refractivity contribution is 9.10. The normalized spacial score (nSPS) is 18.3. The van der Waals surface area contributed by atoms with Gasteiger partial charge in [0, 0.05) is 6.54 Å². The molecule has 1 aliphatic heterocycles. The van der Waals surface area contributed by atoms with Gasteiger partial charge in [-0.3, -0.25) is 4.79 Å². The zero-order valence-electron chi connectivity index (χ0n) is 11.0. The lowest BCUT2D eigenvalue weighted by Gasteiger charge is -2.11. The topological polar surface area (TPSA) is 50.4 Å². The van der Waals surface area contributed by atoms with Crippen LogP contribution in [0.1, 0.15) is 18.4 Å². The summed E-state index contributed by atoms with van der Waals surface area (Å²) in [5.41, 5.74) is 1.17. The van der Waals surface area contributed by atoms with Gasteiger partial charge in [0.15, 0.2) is 0 Å². The molecule has 1 heterocycles. The Balaban J connectivity index is 1.79. The Hall–Kier alpha value is -1.07. The number of halogens is 1. The van der Waals surface area contributed by atoms with Crippen molar-refractivity contribution in [1.82, 2.24) is 10.6 Å². The lowest BCUT2D eigenvalue weighted by Crippen LogP contribution is -2.41. The lowest BCUT2D eigenvalue weighted by molar-refractivity contribution is -0.122. The highest BCUT2D eigenvalue weighted by atomic mass is 79.9. The summed E-state index contributed by atoms with van der Waals surface area (Å²) in [6, 6.07) is 5.98. The van der Waals surface area contributed by atoms with Crippen LogP contribution >= 0.6 is 15.9 Å². The van der Waals surface area contributed by atoms with Crippen LogP contribution in [0.5, 0.6) is 5.75 Å². The van der Waals surface area contributed by atoms with Crippen molar-refractivity contribution in [2.45, 2.75) is 25.3 Å². The van der Waals surface area contributed by atoms with Gasteiger partial charge in [0.1, 0.15) is 5.75 Å². The molecule has 1 amide bonds. The fraction of sp³-hybridized carbons (Fsp3) is 0.500. The zero-order chi connectivity index (χ0) is 13.7. The van der Waals surface area contributed by atoms with Gasteiger partial charge in [0.2, 0.25) is 5.91 Å². The van der Waals surface area contributed by atoms with E-state index in [1.54, 1.807) is 7.11 Å². The first kappa shape index (κ1) is 14.3. The number of methoxy groups -OCH3 is 1. The van der Waals surface area contributed by atoms with Gasteiger partial charge in [-0.2, -0.15) is 0 Å². The quantitative estimate of drug-likeness (QED) is 0.868. The molecular formula is C14H19BrN2O2. The van der Waals surface area contributed by atoms with Crippen LogP contribution in [0.3, 0.4) is 0 Å². The summed E-state index contributed by atoms with van der Waals surface area (Å²) in [6.07, 6.45) is 2.85. The van der Waals surface area contributed by atoms with Crippen molar-refractivity contribution in [2.75, 3.05) is 20.2 Å². The fourth-order valence-electron chi connectivity index (χ4n) is 2.23. The molecule has 1 fully saturated rings. The van der Waals surface area contributed by atoms with Gasteiger partial charge in [-0.15, -0.1) is 0 Å². The summed E-state index contributed by atoms with van der Waals surface area (Å²) in [5, 5.41) is 6.17. The standard InChI is InChI=1S/C14H19BrN2O2/c1-19-13-5-4-10(9-11(13)15)6-8-17-14(18)12-3-2-7-16-12/h4-5,9,12,16H,2-3,6-8H2,1H3,(H,17,18). The summed E-state index contributed by atoms with van der Waals surface area (Å²) in [6.45, 7) is 1.61. The molecule has 1 aliphatic rings. The molecule has 5 heteroatoms. The van der Waals surface area contributed by atoms with Crippen LogP contribution < -0.4 is 15.4 Å². The molecule has 1 atom stereocenters. The number of ether oxygens (including phenoxy) is 1. The minimum atomic E-state index is 0.00241. The second kappa shape index (κ2) is 6.91. The molecule has 19 heavy (non-hydrogen) atoms. The Bertz CT molecular complexity index is 445. The van der Waals surface area contributed by atoms with E-state index in [9.17, 15) is 4.79 Å². The van der Waals surface area contributed by atoms with Crippen molar-refractivity contribution in [1.29, 1.82) is 0 Å². The molecule has 2 N–H and O–H groups in total. The van der Waals surface area contributed by atoms with Crippen molar-refractivity contribution in [3.05, 3.63) is 28.2 Å². The van der Waals surface area contributed by atoms with Gasteiger partial charge in [0.25, 0.3) is 0 Å². The number of hydrogen-bond acceptors (Lipinski definition) is 3. The molecule has 104 valence electrons. The Morgan fingerprint density at radius 3 is 3.05 bits per heavy atom. The fourth-order valence-corrected chi connectivity index (χ4v) is 2.82. The van der Waals surface area contributed by atoms with E-state index < -0.39 is 0 Å². The molecule has 0 saturated carbocycles. The maximum absolute atomic E-state index is 11.8. The number of amides is 1. The smallest absolute Gasteiger partial charge is 0.237 e. The SMILES string of the molecule is COc1ccc(CCNC(=O)C2CCCN2)cc1Br. The number of hydrogen-bond donors (Lipinski definition) is 2. The predicted octanol–water partition coefficient (Wildman–Crippen LogP) is 1.87. The van der Waals surface area contributed by atoms with Gasteiger partial charge in [-0.05, 0) is 59.4 Å². The van der Waals surface area contributed by atoms with Crippen molar-refractivity contribution in [3.8, 4) is 5.75 Å². The van der Waals surface area contributed by atoms with Crippen molar-refractivity contribution in [2.24, 2.45) is 0 Å². The summed E-state index contributed by atoms with van der Waals surface area (Å²) in [5.74, 6) is 0.938. The third-order valence-corrected chi connectivity index (χ3v) is 3.93. The maximum Gasteiger partial charge on any atom is 0.237 e. The maximum atomic E-state index is 11.8. The summed E-state index contributed by atoms with van der Waals surface area (Å²) in [7, 11) is 1.65. The van der Waals surface area contributed by atoms with Gasteiger partial charge >= 0.3 is 0 Å². The minimum Gasteiger partial charge on any atom is -0.496 e. The number of nitrogens with one attached hydrogen (secondary N) is 2. The van der Waals surface area contributed by atoms with Gasteiger partial charge in [-0.1, -0.05) is 6.07 Å². The zero-order valence-corrected chi connectivity index (χ0v) is 12.6. The van der Waals surface area contributed by atoms with Crippen molar-refractivity contribution in [3.63, 3.8) is 0 Å². The number of carbonyl (C=O) groups excluding carboxylic acids is 1. The van der Waals surface area contributed by atoms with Crippen molar-refractivity contribution >= 4 is 21.8 Å². The first-order valence-electron chi connectivity index (χ1n) is 6.54. The lowest BCUT2D eigenvalue weighted by atomic mass is 10.1. The summed E-state index contributed by atoms with van der Waals surface area (Å²) >= 11 is 3.46. The molecule has 0 bridgehead atoms. The third-order valence-electron chi connectivity index (χ3n) is 3.31. The first-order valence-corrected chi connectivity index (χ1v) is 7.33. The Morgan fingerprint density at radius 1 is 1.58 bits per heavy atom. The average Bonchev–Trinajstić information content (AvgIpc) is 2.93. The molecule has 1 saturated heterocycles. The second-order valence-corrected chi connectivity index (χ2v) is 5.51. The molecule has 0 spiro atoms. The molecule has 1 unspecified atom stereocenters. The third kappa shape index (κ3) is 3.94. The first-order chi connectivity index (χ1) is 9.20. The number of carbonyl (C=O) groups is 1. The molecule has 4 nitrogen and oxygen atoms in total. The van der Waals surface area contributed by atoms with E-state index in [0.29, 0.717) is 6.54 Å². The molecule has 0 radical (unpaired) electrons. The highest BCUT2D eigenvalue weighted by Crippen LogP contribution is 2.25. The number of rotatable bonds is 5. The van der Waals surface area contributed by atoms with E-state index in [0.717, 1.165) is 36.0 Å². The summed E-state index contributed by atoms with van der Waals surface area (Å²) < 4.78 is 6.13. The molecule has 1 aromatic carbocycles. The van der Waals surface area contributed by atoms with E-state index >= 15 is 0 Å². The van der Waals surface area contributed by atoms with Crippen LogP contribution in [0.25, 0.3) is 0 Å². The largest absolute Gasteiger partial charge is 0.496 e. The van der Waals surface area contributed by atoms with E-state index in [2.05, 4.69) is 26.6 Å². The molecule has 1 aromatic rings. The molecule has 2 rings (SSSR count). The molecule has 0 aliphatic carbocycles. The average molecular weight is 327 g/mol.